The fraction of sp³-hybridized carbons (Fsp3) is 0.611. The number of likely N-dealkylation sites (tertiary alicyclic amines) is 1. The minimum absolute atomic E-state index is 0.169. The number of carbonyl (C=O) groups is 1. The maximum absolute atomic E-state index is 12.4. The van der Waals surface area contributed by atoms with E-state index in [1.54, 1.807) is 11.3 Å². The second-order valence-corrected chi connectivity index (χ2v) is 9.50. The minimum Gasteiger partial charge on any atom is -0.410 e. The zero-order valence-electron chi connectivity index (χ0n) is 14.7. The number of aromatic nitrogens is 2. The van der Waals surface area contributed by atoms with Crippen LogP contribution >= 0.6 is 23.1 Å². The van der Waals surface area contributed by atoms with Gasteiger partial charge in [-0.25, -0.2) is 0 Å². The summed E-state index contributed by atoms with van der Waals surface area (Å²) in [5.41, 5.74) is 1.43. The lowest BCUT2D eigenvalue weighted by Crippen LogP contribution is -2.34. The number of fused-ring (bicyclic) bond motifs is 1. The molecule has 0 spiro atoms. The van der Waals surface area contributed by atoms with Crippen LogP contribution in [-0.4, -0.2) is 39.3 Å². The third kappa shape index (κ3) is 3.62. The molecule has 0 aromatic carbocycles. The lowest BCUT2D eigenvalue weighted by molar-refractivity contribution is -0.129. The monoisotopic (exact) mass is 377 g/mol. The van der Waals surface area contributed by atoms with E-state index in [2.05, 4.69) is 23.2 Å². The van der Waals surface area contributed by atoms with E-state index in [1.165, 1.54) is 28.6 Å². The second-order valence-electron chi connectivity index (χ2n) is 7.07. The summed E-state index contributed by atoms with van der Waals surface area (Å²) in [5, 5.41) is 8.64. The van der Waals surface area contributed by atoms with Gasteiger partial charge in [-0.1, -0.05) is 18.7 Å². The standard InChI is InChI=1S/C18H23N3O2S2/c1-11-5-6-14-13(9-11)10-15(25-14)16-19-20-18(23-16)24-12(2)17(22)21-7-3-4-8-21/h10-12H,3-9H2,1-2H3/t11-,12-/m0/s1. The minimum atomic E-state index is -0.191. The average molecular weight is 378 g/mol. The first-order chi connectivity index (χ1) is 12.1. The first kappa shape index (κ1) is 17.1. The van der Waals surface area contributed by atoms with Crippen molar-refractivity contribution in [1.29, 1.82) is 0 Å². The molecule has 0 radical (unpaired) electrons. The van der Waals surface area contributed by atoms with Gasteiger partial charge >= 0.3 is 0 Å². The lowest BCUT2D eigenvalue weighted by atomic mass is 9.90. The summed E-state index contributed by atoms with van der Waals surface area (Å²) in [7, 11) is 0. The summed E-state index contributed by atoms with van der Waals surface area (Å²) in [5.74, 6) is 1.50. The number of rotatable bonds is 4. The van der Waals surface area contributed by atoms with Gasteiger partial charge in [-0.2, -0.15) is 0 Å². The summed E-state index contributed by atoms with van der Waals surface area (Å²) in [6.45, 7) is 5.97. The Morgan fingerprint density at radius 1 is 1.40 bits per heavy atom. The smallest absolute Gasteiger partial charge is 0.277 e. The third-order valence-corrected chi connectivity index (χ3v) is 7.14. The van der Waals surface area contributed by atoms with Crippen LogP contribution in [-0.2, 0) is 17.6 Å². The maximum Gasteiger partial charge on any atom is 0.277 e. The summed E-state index contributed by atoms with van der Waals surface area (Å²) < 4.78 is 5.84. The molecule has 1 aliphatic carbocycles. The Morgan fingerprint density at radius 2 is 2.20 bits per heavy atom. The molecule has 1 fully saturated rings. The van der Waals surface area contributed by atoms with Crippen molar-refractivity contribution in [1.82, 2.24) is 15.1 Å². The van der Waals surface area contributed by atoms with Gasteiger partial charge < -0.3 is 9.32 Å². The maximum atomic E-state index is 12.4. The van der Waals surface area contributed by atoms with Crippen LogP contribution in [0.4, 0.5) is 0 Å². The van der Waals surface area contributed by atoms with Crippen molar-refractivity contribution < 1.29 is 9.21 Å². The molecule has 134 valence electrons. The highest BCUT2D eigenvalue weighted by atomic mass is 32.2. The van der Waals surface area contributed by atoms with Crippen molar-refractivity contribution in [2.24, 2.45) is 5.92 Å². The molecule has 0 unspecified atom stereocenters. The summed E-state index contributed by atoms with van der Waals surface area (Å²) in [6, 6.07) is 2.20. The van der Waals surface area contributed by atoms with Crippen LogP contribution in [0.5, 0.6) is 0 Å². The van der Waals surface area contributed by atoms with Gasteiger partial charge in [0.15, 0.2) is 0 Å². The number of nitrogens with zero attached hydrogens (tertiary/aromatic N) is 3. The van der Waals surface area contributed by atoms with E-state index in [9.17, 15) is 4.79 Å². The first-order valence-corrected chi connectivity index (χ1v) is 10.7. The van der Waals surface area contributed by atoms with Gasteiger partial charge in [0.25, 0.3) is 11.1 Å². The molecule has 2 aliphatic rings. The van der Waals surface area contributed by atoms with Gasteiger partial charge in [0.05, 0.1) is 10.1 Å². The second kappa shape index (κ2) is 7.11. The zero-order valence-corrected chi connectivity index (χ0v) is 16.3. The van der Waals surface area contributed by atoms with Gasteiger partial charge in [0.2, 0.25) is 5.91 Å². The van der Waals surface area contributed by atoms with Crippen LogP contribution in [0.15, 0.2) is 15.7 Å². The number of carbonyl (C=O) groups excluding carboxylic acids is 1. The fourth-order valence-corrected chi connectivity index (χ4v) is 5.46. The van der Waals surface area contributed by atoms with Crippen LogP contribution < -0.4 is 0 Å². The highest BCUT2D eigenvalue weighted by Crippen LogP contribution is 2.37. The van der Waals surface area contributed by atoms with Crippen molar-refractivity contribution in [2.75, 3.05) is 13.1 Å². The zero-order chi connectivity index (χ0) is 17.4. The van der Waals surface area contributed by atoms with E-state index in [4.69, 9.17) is 4.42 Å². The van der Waals surface area contributed by atoms with Crippen molar-refractivity contribution in [2.45, 2.75) is 56.4 Å². The molecule has 7 heteroatoms. The Kier molecular flexibility index (Phi) is 4.86. The van der Waals surface area contributed by atoms with Gasteiger partial charge in [-0.3, -0.25) is 4.79 Å². The van der Waals surface area contributed by atoms with Crippen molar-refractivity contribution >= 4 is 29.0 Å². The van der Waals surface area contributed by atoms with E-state index in [0.29, 0.717) is 11.1 Å². The molecule has 1 saturated heterocycles. The van der Waals surface area contributed by atoms with E-state index < -0.39 is 0 Å². The molecule has 1 aliphatic heterocycles. The highest BCUT2D eigenvalue weighted by Gasteiger charge is 2.26. The molecule has 2 aromatic rings. The summed E-state index contributed by atoms with van der Waals surface area (Å²) in [4.78, 5) is 16.9. The first-order valence-electron chi connectivity index (χ1n) is 9.01. The molecule has 0 bridgehead atoms. The lowest BCUT2D eigenvalue weighted by Gasteiger charge is -2.18. The number of thioether (sulfide) groups is 1. The van der Waals surface area contributed by atoms with Gasteiger partial charge in [-0.05, 0) is 56.6 Å². The summed E-state index contributed by atoms with van der Waals surface area (Å²) >= 11 is 3.13. The normalized spacial score (nSPS) is 21.4. The van der Waals surface area contributed by atoms with Crippen LogP contribution in [0.3, 0.4) is 0 Å². The highest BCUT2D eigenvalue weighted by molar-refractivity contribution is 8.00. The molecule has 0 N–H and O–H groups in total. The Hall–Kier alpha value is -1.34. The van der Waals surface area contributed by atoms with Gasteiger partial charge in [-0.15, -0.1) is 21.5 Å². The molecule has 1 amide bonds. The molecular weight excluding hydrogens is 354 g/mol. The number of hydrogen-bond donors (Lipinski definition) is 0. The van der Waals surface area contributed by atoms with E-state index in [-0.39, 0.29) is 11.2 Å². The Balaban J connectivity index is 1.44. The topological polar surface area (TPSA) is 59.2 Å². The van der Waals surface area contributed by atoms with Crippen LogP contribution in [0.25, 0.3) is 10.8 Å². The van der Waals surface area contributed by atoms with E-state index in [1.807, 2.05) is 11.8 Å². The Labute approximate surface area is 156 Å². The number of aryl methyl sites for hydroxylation is 1. The van der Waals surface area contributed by atoms with Crippen LogP contribution in [0, 0.1) is 5.92 Å². The van der Waals surface area contributed by atoms with Gasteiger partial charge in [0, 0.05) is 18.0 Å². The summed E-state index contributed by atoms with van der Waals surface area (Å²) in [6.07, 6.45) is 5.76. The average Bonchev–Trinajstić information content (AvgIpc) is 3.33. The quantitative estimate of drug-likeness (QED) is 0.753. The molecular formula is C18H23N3O2S2. The number of hydrogen-bond acceptors (Lipinski definition) is 6. The van der Waals surface area contributed by atoms with E-state index >= 15 is 0 Å². The molecule has 0 saturated carbocycles. The molecule has 5 nitrogen and oxygen atoms in total. The molecule has 25 heavy (non-hydrogen) atoms. The molecule has 2 aromatic heterocycles. The van der Waals surface area contributed by atoms with Crippen LogP contribution in [0.1, 0.15) is 43.6 Å². The molecule has 4 rings (SSSR count). The Morgan fingerprint density at radius 3 is 3.00 bits per heavy atom. The van der Waals surface area contributed by atoms with Crippen molar-refractivity contribution in [3.05, 3.63) is 16.5 Å². The fourth-order valence-electron chi connectivity index (χ4n) is 3.56. The third-order valence-electron chi connectivity index (χ3n) is 4.99. The SMILES string of the molecule is C[C@H]1CCc2sc(-c3nnc(S[C@@H](C)C(=O)N4CCCC4)o3)cc2C1. The van der Waals surface area contributed by atoms with E-state index in [0.717, 1.165) is 49.6 Å². The Bertz CT molecular complexity index is 764. The number of amides is 1. The number of thiophene rings is 1. The largest absolute Gasteiger partial charge is 0.410 e. The van der Waals surface area contributed by atoms with Gasteiger partial charge in [0.1, 0.15) is 0 Å². The van der Waals surface area contributed by atoms with Crippen molar-refractivity contribution in [3.8, 4) is 10.8 Å². The predicted molar refractivity (Wildman–Crippen MR) is 99.9 cm³/mol. The van der Waals surface area contributed by atoms with Crippen molar-refractivity contribution in [3.63, 3.8) is 0 Å². The molecule has 2 atom stereocenters. The predicted octanol–water partition coefficient (Wildman–Crippen LogP) is 4.03. The van der Waals surface area contributed by atoms with Crippen LogP contribution in [0.2, 0.25) is 0 Å². The molecule has 3 heterocycles.